The lowest BCUT2D eigenvalue weighted by Crippen LogP contribution is -2.61. The van der Waals surface area contributed by atoms with Gasteiger partial charge in [0.2, 0.25) is 0 Å². The van der Waals surface area contributed by atoms with E-state index < -0.39 is 12.4 Å². The van der Waals surface area contributed by atoms with Crippen molar-refractivity contribution in [3.05, 3.63) is 35.6 Å². The number of hydrogen-bond donors (Lipinski definition) is 0. The van der Waals surface area contributed by atoms with Gasteiger partial charge in [0, 0.05) is 32.6 Å². The Kier molecular flexibility index (Phi) is 5.39. The highest BCUT2D eigenvalue weighted by molar-refractivity contribution is 5.81. The molecule has 2 atom stereocenters. The number of carbonyl (C=O) groups is 1. The van der Waals surface area contributed by atoms with Gasteiger partial charge in [-0.15, -0.1) is 0 Å². The molecule has 0 aromatic heterocycles. The van der Waals surface area contributed by atoms with E-state index >= 15 is 0 Å². The van der Waals surface area contributed by atoms with Gasteiger partial charge in [-0.3, -0.25) is 9.69 Å². The van der Waals surface area contributed by atoms with E-state index in [2.05, 4.69) is 0 Å². The number of likely N-dealkylation sites (tertiary alicyclic amines) is 1. The van der Waals surface area contributed by atoms with Gasteiger partial charge in [-0.05, 0) is 44.4 Å². The molecular formula is C19H26F2N2O2. The number of piperidine rings is 1. The SMILES string of the molecule is CCN1CC2(CCN(C(F)Cc3cccc(F)c3)CC2)O[C@H](C)C1=O. The van der Waals surface area contributed by atoms with Crippen LogP contribution in [0.4, 0.5) is 8.78 Å². The largest absolute Gasteiger partial charge is 0.360 e. The summed E-state index contributed by atoms with van der Waals surface area (Å²) in [6, 6.07) is 6.10. The fourth-order valence-electron chi connectivity index (χ4n) is 3.89. The zero-order valence-electron chi connectivity index (χ0n) is 14.9. The van der Waals surface area contributed by atoms with E-state index in [9.17, 15) is 13.6 Å². The first-order valence-electron chi connectivity index (χ1n) is 9.01. The van der Waals surface area contributed by atoms with Crippen LogP contribution in [0.15, 0.2) is 24.3 Å². The summed E-state index contributed by atoms with van der Waals surface area (Å²) in [5.41, 5.74) is 0.302. The summed E-state index contributed by atoms with van der Waals surface area (Å²) in [4.78, 5) is 15.7. The zero-order chi connectivity index (χ0) is 18.0. The van der Waals surface area contributed by atoms with Crippen LogP contribution in [0.5, 0.6) is 0 Å². The van der Waals surface area contributed by atoms with Crippen LogP contribution in [0.25, 0.3) is 0 Å². The minimum absolute atomic E-state index is 0.0324. The number of alkyl halides is 1. The average molecular weight is 352 g/mol. The number of carbonyl (C=O) groups excluding carboxylic acids is 1. The molecule has 1 unspecified atom stereocenters. The van der Waals surface area contributed by atoms with E-state index in [0.717, 1.165) is 0 Å². The van der Waals surface area contributed by atoms with Crippen molar-refractivity contribution in [3.8, 4) is 0 Å². The summed E-state index contributed by atoms with van der Waals surface area (Å²) in [5.74, 6) is -0.304. The van der Waals surface area contributed by atoms with Crippen molar-refractivity contribution in [1.82, 2.24) is 9.80 Å². The van der Waals surface area contributed by atoms with Crippen LogP contribution >= 0.6 is 0 Å². The van der Waals surface area contributed by atoms with E-state index in [0.29, 0.717) is 44.6 Å². The number of hydrogen-bond acceptors (Lipinski definition) is 3. The summed E-state index contributed by atoms with van der Waals surface area (Å²) in [7, 11) is 0. The second kappa shape index (κ2) is 7.38. The van der Waals surface area contributed by atoms with Gasteiger partial charge in [0.1, 0.15) is 11.9 Å². The Morgan fingerprint density at radius 3 is 2.72 bits per heavy atom. The van der Waals surface area contributed by atoms with Gasteiger partial charge in [0.25, 0.3) is 5.91 Å². The van der Waals surface area contributed by atoms with E-state index in [1.807, 2.05) is 11.8 Å². The Morgan fingerprint density at radius 2 is 2.08 bits per heavy atom. The third kappa shape index (κ3) is 4.01. The molecule has 1 aromatic rings. The van der Waals surface area contributed by atoms with Gasteiger partial charge in [-0.2, -0.15) is 0 Å². The number of likely N-dealkylation sites (N-methyl/N-ethyl adjacent to an activating group) is 1. The van der Waals surface area contributed by atoms with Crippen LogP contribution in [0.2, 0.25) is 0 Å². The lowest BCUT2D eigenvalue weighted by atomic mass is 9.88. The average Bonchev–Trinajstić information content (AvgIpc) is 2.59. The number of halogens is 2. The van der Waals surface area contributed by atoms with Crippen LogP contribution in [0, 0.1) is 5.82 Å². The monoisotopic (exact) mass is 352 g/mol. The predicted octanol–water partition coefficient (Wildman–Crippen LogP) is 2.77. The van der Waals surface area contributed by atoms with Crippen molar-refractivity contribution in [3.63, 3.8) is 0 Å². The molecule has 1 amide bonds. The van der Waals surface area contributed by atoms with Gasteiger partial charge in [0.05, 0.1) is 5.60 Å². The third-order valence-electron chi connectivity index (χ3n) is 5.35. The third-order valence-corrected chi connectivity index (χ3v) is 5.35. The highest BCUT2D eigenvalue weighted by Crippen LogP contribution is 2.33. The maximum Gasteiger partial charge on any atom is 0.251 e. The molecule has 2 saturated heterocycles. The van der Waals surface area contributed by atoms with Crippen LogP contribution in [-0.4, -0.2) is 59.9 Å². The molecule has 0 bridgehead atoms. The van der Waals surface area contributed by atoms with Crippen LogP contribution < -0.4 is 0 Å². The number of rotatable bonds is 4. The predicted molar refractivity (Wildman–Crippen MR) is 91.3 cm³/mol. The van der Waals surface area contributed by atoms with E-state index in [1.165, 1.54) is 12.1 Å². The molecule has 1 spiro atoms. The van der Waals surface area contributed by atoms with Crippen LogP contribution in [0.3, 0.4) is 0 Å². The Hall–Kier alpha value is -1.53. The highest BCUT2D eigenvalue weighted by atomic mass is 19.1. The number of morpholine rings is 1. The molecule has 1 aromatic carbocycles. The topological polar surface area (TPSA) is 32.8 Å². The fourth-order valence-corrected chi connectivity index (χ4v) is 3.89. The molecule has 6 heteroatoms. The van der Waals surface area contributed by atoms with Gasteiger partial charge in [0.15, 0.2) is 6.30 Å². The molecule has 3 rings (SSSR count). The molecule has 0 aliphatic carbocycles. The normalized spacial score (nSPS) is 25.4. The summed E-state index contributed by atoms with van der Waals surface area (Å²) < 4.78 is 33.9. The molecular weight excluding hydrogens is 326 g/mol. The minimum Gasteiger partial charge on any atom is -0.360 e. The molecule has 0 radical (unpaired) electrons. The van der Waals surface area contributed by atoms with Gasteiger partial charge >= 0.3 is 0 Å². The van der Waals surface area contributed by atoms with Crippen molar-refractivity contribution in [2.24, 2.45) is 0 Å². The summed E-state index contributed by atoms with van der Waals surface area (Å²) >= 11 is 0. The first-order chi connectivity index (χ1) is 11.9. The Morgan fingerprint density at radius 1 is 1.36 bits per heavy atom. The van der Waals surface area contributed by atoms with Gasteiger partial charge in [-0.1, -0.05) is 12.1 Å². The maximum atomic E-state index is 14.6. The van der Waals surface area contributed by atoms with Crippen molar-refractivity contribution in [1.29, 1.82) is 0 Å². The zero-order valence-corrected chi connectivity index (χ0v) is 14.9. The number of nitrogens with zero attached hydrogens (tertiary/aromatic N) is 2. The second-order valence-corrected chi connectivity index (χ2v) is 7.10. The minimum atomic E-state index is -1.14. The van der Waals surface area contributed by atoms with Crippen molar-refractivity contribution in [2.75, 3.05) is 26.2 Å². The summed E-state index contributed by atoms with van der Waals surface area (Å²) in [6.45, 7) is 6.17. The first-order valence-corrected chi connectivity index (χ1v) is 9.01. The summed E-state index contributed by atoms with van der Waals surface area (Å²) in [5, 5.41) is 0. The molecule has 2 aliphatic rings. The standard InChI is InChI=1S/C19H26F2N2O2/c1-3-22-13-19(25-14(2)18(22)24)7-9-23(10-8-19)17(21)12-15-5-4-6-16(20)11-15/h4-6,11,14,17H,3,7-10,12-13H2,1-2H3/t14-,17?/m1/s1. The van der Waals surface area contributed by atoms with E-state index in [1.54, 1.807) is 24.0 Å². The highest BCUT2D eigenvalue weighted by Gasteiger charge is 2.45. The van der Waals surface area contributed by atoms with Crippen molar-refractivity contribution in [2.45, 2.75) is 51.1 Å². The van der Waals surface area contributed by atoms with Gasteiger partial charge < -0.3 is 9.64 Å². The molecule has 0 saturated carbocycles. The lowest BCUT2D eigenvalue weighted by Gasteiger charge is -2.49. The molecule has 0 N–H and O–H groups in total. The molecule has 2 fully saturated rings. The summed E-state index contributed by atoms with van der Waals surface area (Å²) in [6.07, 6.45) is 0.00884. The molecule has 2 heterocycles. The first kappa shape index (κ1) is 18.3. The molecule has 4 nitrogen and oxygen atoms in total. The number of benzene rings is 1. The van der Waals surface area contributed by atoms with E-state index in [-0.39, 0.29) is 23.7 Å². The molecule has 2 aliphatic heterocycles. The Balaban J connectivity index is 1.58. The molecule has 138 valence electrons. The van der Waals surface area contributed by atoms with Gasteiger partial charge in [-0.25, -0.2) is 8.78 Å². The lowest BCUT2D eigenvalue weighted by molar-refractivity contribution is -0.191. The molecule has 25 heavy (non-hydrogen) atoms. The van der Waals surface area contributed by atoms with Crippen molar-refractivity contribution >= 4 is 5.91 Å². The van der Waals surface area contributed by atoms with Crippen LogP contribution in [0.1, 0.15) is 32.3 Å². The van der Waals surface area contributed by atoms with E-state index in [4.69, 9.17) is 4.74 Å². The number of ether oxygens (including phenoxy) is 1. The quantitative estimate of drug-likeness (QED) is 0.781. The number of amides is 1. The second-order valence-electron chi connectivity index (χ2n) is 7.10. The fraction of sp³-hybridized carbons (Fsp3) is 0.632. The van der Waals surface area contributed by atoms with Crippen LogP contribution in [-0.2, 0) is 16.0 Å². The Bertz CT molecular complexity index is 617. The van der Waals surface area contributed by atoms with Crippen molar-refractivity contribution < 1.29 is 18.3 Å². The maximum absolute atomic E-state index is 14.6. The smallest absolute Gasteiger partial charge is 0.251 e. The Labute approximate surface area is 147 Å².